The highest BCUT2D eigenvalue weighted by Crippen LogP contribution is 2.36. The topological polar surface area (TPSA) is 4.93 Å². The second-order valence-corrected chi connectivity index (χ2v) is 9.01. The van der Waals surface area contributed by atoms with E-state index < -0.39 is 0 Å². The number of allylic oxidation sites excluding steroid dienone is 1. The number of fused-ring (bicyclic) bond motifs is 5. The minimum Gasteiger partial charge on any atom is -0.309 e. The van der Waals surface area contributed by atoms with Gasteiger partial charge in [0.1, 0.15) is 0 Å². The van der Waals surface area contributed by atoms with Crippen LogP contribution in [0.1, 0.15) is 12.5 Å². The Morgan fingerprint density at radius 1 is 0.714 bits per heavy atom. The Hall–Kier alpha value is -4.36. The van der Waals surface area contributed by atoms with Gasteiger partial charge in [0, 0.05) is 21.8 Å². The molecular weight excluding hydrogens is 422 g/mol. The first kappa shape index (κ1) is 21.2. The van der Waals surface area contributed by atoms with E-state index in [0.717, 1.165) is 0 Å². The molecule has 0 spiro atoms. The van der Waals surface area contributed by atoms with Crippen LogP contribution in [0.5, 0.6) is 0 Å². The fourth-order valence-corrected chi connectivity index (χ4v) is 5.51. The van der Waals surface area contributed by atoms with E-state index in [-0.39, 0.29) is 0 Å². The Labute approximate surface area is 205 Å². The first-order valence-corrected chi connectivity index (χ1v) is 12.1. The Kier molecular flexibility index (Phi) is 5.12. The van der Waals surface area contributed by atoms with E-state index in [2.05, 4.69) is 134 Å². The van der Waals surface area contributed by atoms with Gasteiger partial charge in [-0.3, -0.25) is 0 Å². The summed E-state index contributed by atoms with van der Waals surface area (Å²) in [6.07, 6.45) is 6.11. The molecule has 168 valence electrons. The van der Waals surface area contributed by atoms with Crippen molar-refractivity contribution in [1.29, 1.82) is 0 Å². The van der Waals surface area contributed by atoms with Crippen molar-refractivity contribution < 1.29 is 0 Å². The molecule has 0 bridgehead atoms. The van der Waals surface area contributed by atoms with Crippen molar-refractivity contribution in [2.24, 2.45) is 0 Å². The van der Waals surface area contributed by atoms with E-state index in [9.17, 15) is 0 Å². The molecule has 0 aliphatic rings. The van der Waals surface area contributed by atoms with E-state index in [1.165, 1.54) is 65.4 Å². The molecule has 0 aliphatic heterocycles. The molecule has 0 saturated heterocycles. The van der Waals surface area contributed by atoms with Crippen LogP contribution >= 0.6 is 0 Å². The number of hydrogen-bond donors (Lipinski definition) is 0. The normalized spacial score (nSPS) is 12.7. The van der Waals surface area contributed by atoms with Crippen LogP contribution in [0.15, 0.2) is 110 Å². The van der Waals surface area contributed by atoms with E-state index >= 15 is 0 Å². The first-order valence-electron chi connectivity index (χ1n) is 12.1. The average molecular weight is 450 g/mol. The maximum atomic E-state index is 3.87. The number of rotatable bonds is 3. The SMILES string of the molecule is C=C/C=c1/ccc(-c2ccc(-n3c4ccccc4c4ccc5ccccc5c43)cc2)c(C)/c1=C/C. The molecule has 1 nitrogen and oxygen atoms in total. The molecule has 0 saturated carbocycles. The van der Waals surface area contributed by atoms with E-state index in [1.807, 2.05) is 6.08 Å². The molecule has 6 aromatic rings. The summed E-state index contributed by atoms with van der Waals surface area (Å²) in [6, 6.07) is 35.3. The van der Waals surface area contributed by atoms with Gasteiger partial charge >= 0.3 is 0 Å². The average Bonchev–Trinajstić information content (AvgIpc) is 3.24. The smallest absolute Gasteiger partial charge is 0.0619 e. The minimum atomic E-state index is 1.17. The highest BCUT2D eigenvalue weighted by atomic mass is 15.0. The van der Waals surface area contributed by atoms with Gasteiger partial charge in [-0.2, -0.15) is 0 Å². The monoisotopic (exact) mass is 449 g/mol. The Balaban J connectivity index is 1.58. The molecule has 0 radical (unpaired) electrons. The molecular formula is C34H27N. The van der Waals surface area contributed by atoms with E-state index in [4.69, 9.17) is 0 Å². The van der Waals surface area contributed by atoms with Crippen molar-refractivity contribution in [3.05, 3.63) is 126 Å². The van der Waals surface area contributed by atoms with Crippen molar-refractivity contribution in [1.82, 2.24) is 4.57 Å². The van der Waals surface area contributed by atoms with Gasteiger partial charge in [-0.05, 0) is 64.6 Å². The molecule has 0 fully saturated rings. The van der Waals surface area contributed by atoms with Crippen LogP contribution in [-0.4, -0.2) is 4.57 Å². The molecule has 1 heteroatoms. The van der Waals surface area contributed by atoms with Gasteiger partial charge in [-0.15, -0.1) is 0 Å². The van der Waals surface area contributed by atoms with Crippen molar-refractivity contribution in [2.45, 2.75) is 13.8 Å². The minimum absolute atomic E-state index is 1.17. The van der Waals surface area contributed by atoms with Gasteiger partial charge < -0.3 is 4.57 Å². The molecule has 0 N–H and O–H groups in total. The number of benzene rings is 5. The van der Waals surface area contributed by atoms with Crippen LogP contribution in [0.2, 0.25) is 0 Å². The van der Waals surface area contributed by atoms with Gasteiger partial charge in [0.25, 0.3) is 0 Å². The lowest BCUT2D eigenvalue weighted by atomic mass is 9.97. The van der Waals surface area contributed by atoms with Crippen LogP contribution in [0.4, 0.5) is 0 Å². The summed E-state index contributed by atoms with van der Waals surface area (Å²) >= 11 is 0. The summed E-state index contributed by atoms with van der Waals surface area (Å²) in [5.41, 5.74) is 7.45. The van der Waals surface area contributed by atoms with Crippen LogP contribution < -0.4 is 10.4 Å². The van der Waals surface area contributed by atoms with Gasteiger partial charge in [0.05, 0.1) is 11.0 Å². The molecule has 1 aromatic heterocycles. The van der Waals surface area contributed by atoms with E-state index in [1.54, 1.807) is 0 Å². The molecule has 5 aromatic carbocycles. The van der Waals surface area contributed by atoms with Crippen molar-refractivity contribution in [3.63, 3.8) is 0 Å². The summed E-state index contributed by atoms with van der Waals surface area (Å²) < 4.78 is 2.41. The third-order valence-corrected chi connectivity index (χ3v) is 7.13. The second-order valence-electron chi connectivity index (χ2n) is 9.01. The third-order valence-electron chi connectivity index (χ3n) is 7.13. The van der Waals surface area contributed by atoms with Crippen LogP contribution in [0.25, 0.3) is 61.5 Å². The van der Waals surface area contributed by atoms with Crippen LogP contribution in [-0.2, 0) is 0 Å². The quantitative estimate of drug-likeness (QED) is 0.261. The van der Waals surface area contributed by atoms with Crippen molar-refractivity contribution in [2.75, 3.05) is 0 Å². The molecule has 1 heterocycles. The number of para-hydroxylation sites is 1. The van der Waals surface area contributed by atoms with Crippen molar-refractivity contribution >= 4 is 44.7 Å². The number of hydrogen-bond acceptors (Lipinski definition) is 0. The summed E-state index contributed by atoms with van der Waals surface area (Å²) in [5.74, 6) is 0. The summed E-state index contributed by atoms with van der Waals surface area (Å²) in [6.45, 7) is 8.17. The van der Waals surface area contributed by atoms with Gasteiger partial charge in [-0.25, -0.2) is 0 Å². The Morgan fingerprint density at radius 2 is 1.46 bits per heavy atom. The maximum absolute atomic E-state index is 3.87. The Bertz CT molecular complexity index is 1870. The highest BCUT2D eigenvalue weighted by Gasteiger charge is 2.14. The standard InChI is InChI=1S/C34H27N/c1-4-10-24-17-21-29(23(3)28(24)5-2)26-15-19-27(20-16-26)35-33-14-9-8-13-31(33)32-22-18-25-11-6-7-12-30(25)34(32)35/h4-22H,1H2,2-3H3/b24-10-,28-5-. The number of aromatic nitrogens is 1. The zero-order valence-corrected chi connectivity index (χ0v) is 20.1. The van der Waals surface area contributed by atoms with Gasteiger partial charge in [0.2, 0.25) is 0 Å². The van der Waals surface area contributed by atoms with E-state index in [0.29, 0.717) is 0 Å². The zero-order valence-electron chi connectivity index (χ0n) is 20.1. The first-order chi connectivity index (χ1) is 17.2. The van der Waals surface area contributed by atoms with Crippen molar-refractivity contribution in [3.8, 4) is 16.8 Å². The molecule has 0 amide bonds. The largest absolute Gasteiger partial charge is 0.309 e. The predicted molar refractivity (Wildman–Crippen MR) is 153 cm³/mol. The highest BCUT2D eigenvalue weighted by molar-refractivity contribution is 6.18. The fraction of sp³-hybridized carbons (Fsp3) is 0.0588. The molecule has 6 rings (SSSR count). The molecule has 0 unspecified atom stereocenters. The second kappa shape index (κ2) is 8.45. The Morgan fingerprint density at radius 3 is 2.23 bits per heavy atom. The lowest BCUT2D eigenvalue weighted by molar-refractivity contribution is 1.19. The van der Waals surface area contributed by atoms with Gasteiger partial charge in [0.15, 0.2) is 0 Å². The summed E-state index contributed by atoms with van der Waals surface area (Å²) in [7, 11) is 0. The van der Waals surface area contributed by atoms with Crippen LogP contribution in [0.3, 0.4) is 0 Å². The predicted octanol–water partition coefficient (Wildman–Crippen LogP) is 7.68. The molecule has 35 heavy (non-hydrogen) atoms. The summed E-state index contributed by atoms with van der Waals surface area (Å²) in [4.78, 5) is 0. The third kappa shape index (κ3) is 3.32. The zero-order chi connectivity index (χ0) is 23.9. The molecule has 0 aliphatic carbocycles. The van der Waals surface area contributed by atoms with Crippen LogP contribution in [0, 0.1) is 6.92 Å². The summed E-state index contributed by atoms with van der Waals surface area (Å²) in [5, 5.41) is 7.58. The van der Waals surface area contributed by atoms with Gasteiger partial charge in [-0.1, -0.05) is 104 Å². The number of nitrogens with zero attached hydrogens (tertiary/aromatic N) is 1. The molecule has 0 atom stereocenters. The lowest BCUT2D eigenvalue weighted by Gasteiger charge is -2.12. The maximum Gasteiger partial charge on any atom is 0.0619 e. The lowest BCUT2D eigenvalue weighted by Crippen LogP contribution is -2.27. The fourth-order valence-electron chi connectivity index (χ4n) is 5.51.